The molecule has 0 aliphatic heterocycles. The zero-order chi connectivity index (χ0) is 6.24. The molecule has 2 heteroatoms. The molecule has 0 aromatic heterocycles. The van der Waals surface area contributed by atoms with Crippen LogP contribution < -0.4 is 5.73 Å². The van der Waals surface area contributed by atoms with Crippen LogP contribution >= 0.6 is 12.4 Å². The van der Waals surface area contributed by atoms with Crippen molar-refractivity contribution >= 4 is 12.4 Å². The van der Waals surface area contributed by atoms with Crippen LogP contribution in [0.1, 0.15) is 7.43 Å². The van der Waals surface area contributed by atoms with Gasteiger partial charge in [-0.2, -0.15) is 0 Å². The van der Waals surface area contributed by atoms with Crippen molar-refractivity contribution in [3.05, 3.63) is 36.4 Å². The monoisotopic (exact) mass is 161 g/mol. The number of benzene rings is 1. The van der Waals surface area contributed by atoms with Gasteiger partial charge in [-0.3, -0.25) is 0 Å². The number of nitrogens with two attached hydrogens (primary N) is 1. The maximum Gasteiger partial charge on any atom is -0.0195 e. The summed E-state index contributed by atoms with van der Waals surface area (Å²) >= 11 is 0. The van der Waals surface area contributed by atoms with Crippen molar-refractivity contribution in [2.24, 2.45) is 5.73 Å². The topological polar surface area (TPSA) is 26.0 Å². The van der Waals surface area contributed by atoms with Crippen molar-refractivity contribution in [2.75, 3.05) is 7.05 Å². The molecule has 0 saturated heterocycles. The van der Waals surface area contributed by atoms with Gasteiger partial charge in [-0.25, -0.2) is 0 Å². The molecular weight excluding hydrogens is 146 g/mol. The molecule has 0 bridgehead atoms. The number of hydrogen-bond donors (Lipinski definition) is 1. The van der Waals surface area contributed by atoms with E-state index in [0.717, 1.165) is 0 Å². The van der Waals surface area contributed by atoms with Crippen LogP contribution in [0.25, 0.3) is 0 Å². The molecule has 0 amide bonds. The van der Waals surface area contributed by atoms with Gasteiger partial charge in [0.15, 0.2) is 0 Å². The van der Waals surface area contributed by atoms with E-state index in [4.69, 9.17) is 0 Å². The lowest BCUT2D eigenvalue weighted by molar-refractivity contribution is 1.48. The normalized spacial score (nSPS) is 5.40. The molecule has 0 aliphatic rings. The summed E-state index contributed by atoms with van der Waals surface area (Å²) in [5.41, 5.74) is 4.50. The fourth-order valence-corrected chi connectivity index (χ4v) is 0.385. The van der Waals surface area contributed by atoms with Crippen LogP contribution in [0.2, 0.25) is 0 Å². The molecule has 1 nitrogen and oxygen atoms in total. The Morgan fingerprint density at radius 2 is 0.800 bits per heavy atom. The maximum absolute atomic E-state index is 4.50. The molecule has 0 aliphatic carbocycles. The summed E-state index contributed by atoms with van der Waals surface area (Å²) in [4.78, 5) is 0. The Hall–Kier alpha value is -0.530. The van der Waals surface area contributed by atoms with Crippen molar-refractivity contribution in [2.45, 2.75) is 7.43 Å². The first-order valence-corrected chi connectivity index (χ1v) is 2.58. The molecule has 1 aromatic rings. The van der Waals surface area contributed by atoms with Crippen molar-refractivity contribution in [1.82, 2.24) is 0 Å². The minimum atomic E-state index is 0. The Labute approximate surface area is 69.7 Å². The van der Waals surface area contributed by atoms with Gasteiger partial charge in [-0.15, -0.1) is 12.4 Å². The Kier molecular flexibility index (Phi) is 25.6. The highest BCUT2D eigenvalue weighted by Gasteiger charge is 1.57. The van der Waals surface area contributed by atoms with E-state index in [1.807, 2.05) is 36.4 Å². The molecule has 2 N–H and O–H groups in total. The Morgan fingerprint density at radius 1 is 0.700 bits per heavy atom. The number of halogens is 1. The van der Waals surface area contributed by atoms with E-state index in [2.05, 4.69) is 5.73 Å². The molecule has 1 aromatic carbocycles. The smallest absolute Gasteiger partial charge is 0.0195 e. The van der Waals surface area contributed by atoms with Crippen LogP contribution in [-0.4, -0.2) is 7.05 Å². The zero-order valence-corrected chi connectivity index (χ0v) is 6.27. The van der Waals surface area contributed by atoms with Crippen molar-refractivity contribution in [3.8, 4) is 0 Å². The predicted molar refractivity (Wildman–Crippen MR) is 50.5 cm³/mol. The molecule has 0 radical (unpaired) electrons. The van der Waals surface area contributed by atoms with E-state index >= 15 is 0 Å². The van der Waals surface area contributed by atoms with E-state index in [9.17, 15) is 0 Å². The zero-order valence-electron chi connectivity index (χ0n) is 5.45. The second-order valence-electron chi connectivity index (χ2n) is 1.15. The largest absolute Gasteiger partial charge is 0.333 e. The minimum absolute atomic E-state index is 0. The maximum atomic E-state index is 4.50. The lowest BCUT2D eigenvalue weighted by Gasteiger charge is -1.69. The lowest BCUT2D eigenvalue weighted by Crippen LogP contribution is -1.69. The van der Waals surface area contributed by atoms with E-state index in [-0.39, 0.29) is 19.8 Å². The van der Waals surface area contributed by atoms with Crippen LogP contribution in [0.4, 0.5) is 0 Å². The van der Waals surface area contributed by atoms with Gasteiger partial charge in [-0.05, 0) is 7.05 Å². The first-order chi connectivity index (χ1) is 4.00. The molecule has 0 unspecified atom stereocenters. The van der Waals surface area contributed by atoms with E-state index in [0.29, 0.717) is 0 Å². The Balaban J connectivity index is -0.000000114. The van der Waals surface area contributed by atoms with Crippen LogP contribution in [0.3, 0.4) is 0 Å². The third-order valence-corrected chi connectivity index (χ3v) is 0.667. The van der Waals surface area contributed by atoms with Gasteiger partial charge in [0.1, 0.15) is 0 Å². The summed E-state index contributed by atoms with van der Waals surface area (Å²) in [5, 5.41) is 0. The summed E-state index contributed by atoms with van der Waals surface area (Å²) in [6.07, 6.45) is 0. The summed E-state index contributed by atoms with van der Waals surface area (Å²) in [7, 11) is 1.50. The highest BCUT2D eigenvalue weighted by Crippen LogP contribution is 1.79. The van der Waals surface area contributed by atoms with Crippen molar-refractivity contribution in [3.63, 3.8) is 0 Å². The molecule has 0 heterocycles. The van der Waals surface area contributed by atoms with Crippen LogP contribution in [-0.2, 0) is 0 Å². The molecule has 1 rings (SSSR count). The van der Waals surface area contributed by atoms with Gasteiger partial charge in [0, 0.05) is 0 Å². The van der Waals surface area contributed by atoms with E-state index in [1.165, 1.54) is 7.05 Å². The van der Waals surface area contributed by atoms with Gasteiger partial charge >= 0.3 is 0 Å². The Bertz CT molecular complexity index is 81.2. The van der Waals surface area contributed by atoms with E-state index < -0.39 is 0 Å². The first kappa shape index (κ1) is 16.2. The second kappa shape index (κ2) is 15.8. The van der Waals surface area contributed by atoms with Gasteiger partial charge in [0.2, 0.25) is 0 Å². The highest BCUT2D eigenvalue weighted by atomic mass is 35.5. The van der Waals surface area contributed by atoms with E-state index in [1.54, 1.807) is 0 Å². The minimum Gasteiger partial charge on any atom is -0.333 e. The molecular formula is C8H16ClN. The Morgan fingerprint density at radius 3 is 0.900 bits per heavy atom. The molecule has 60 valence electrons. The van der Waals surface area contributed by atoms with Crippen LogP contribution in [0.5, 0.6) is 0 Å². The molecule has 0 spiro atoms. The second-order valence-corrected chi connectivity index (χ2v) is 1.15. The standard InChI is InChI=1S/C6H6.CH5N.CH4.ClH/c1-2-4-6-5-3-1;1-2;;/h1-6H;2H2,1H3;1H4;1H. The van der Waals surface area contributed by atoms with Crippen LogP contribution in [0.15, 0.2) is 36.4 Å². The average molecular weight is 162 g/mol. The fourth-order valence-electron chi connectivity index (χ4n) is 0.385. The van der Waals surface area contributed by atoms with Crippen LogP contribution in [0, 0.1) is 0 Å². The molecule has 0 fully saturated rings. The fraction of sp³-hybridized carbons (Fsp3) is 0.250. The third-order valence-electron chi connectivity index (χ3n) is 0.667. The average Bonchev–Trinajstić information content (AvgIpc) is 1.96. The summed E-state index contributed by atoms with van der Waals surface area (Å²) < 4.78 is 0. The predicted octanol–water partition coefficient (Wildman–Crippen LogP) is 2.32. The number of hydrogen-bond acceptors (Lipinski definition) is 1. The highest BCUT2D eigenvalue weighted by molar-refractivity contribution is 5.85. The van der Waals surface area contributed by atoms with Gasteiger partial charge in [0.05, 0.1) is 0 Å². The third kappa shape index (κ3) is 10.5. The molecule has 10 heavy (non-hydrogen) atoms. The molecule has 0 saturated carbocycles. The van der Waals surface area contributed by atoms with Gasteiger partial charge < -0.3 is 5.73 Å². The lowest BCUT2D eigenvalue weighted by atomic mass is 10.4. The summed E-state index contributed by atoms with van der Waals surface area (Å²) in [6, 6.07) is 12.0. The first-order valence-electron chi connectivity index (χ1n) is 2.58. The number of rotatable bonds is 0. The van der Waals surface area contributed by atoms with Gasteiger partial charge in [0.25, 0.3) is 0 Å². The van der Waals surface area contributed by atoms with Gasteiger partial charge in [-0.1, -0.05) is 43.8 Å². The SMILES string of the molecule is C.CN.Cl.c1ccccc1. The van der Waals surface area contributed by atoms with Crippen molar-refractivity contribution in [1.29, 1.82) is 0 Å². The quantitative estimate of drug-likeness (QED) is 0.621. The summed E-state index contributed by atoms with van der Waals surface area (Å²) in [6.45, 7) is 0. The van der Waals surface area contributed by atoms with Crippen molar-refractivity contribution < 1.29 is 0 Å². The molecule has 0 atom stereocenters. The summed E-state index contributed by atoms with van der Waals surface area (Å²) in [5.74, 6) is 0.